The van der Waals surface area contributed by atoms with Crippen molar-refractivity contribution in [2.45, 2.75) is 4.90 Å². The number of halogens is 2. The number of nitrogens with one attached hydrogen (secondary N) is 1. The summed E-state index contributed by atoms with van der Waals surface area (Å²) in [6.45, 7) is -0.635. The number of nitro groups is 1. The van der Waals surface area contributed by atoms with Gasteiger partial charge in [-0.3, -0.25) is 14.9 Å². The lowest BCUT2D eigenvalue weighted by Gasteiger charge is -2.08. The van der Waals surface area contributed by atoms with Crippen LogP contribution in [-0.4, -0.2) is 29.7 Å². The summed E-state index contributed by atoms with van der Waals surface area (Å²) < 4.78 is 18.2. The van der Waals surface area contributed by atoms with Gasteiger partial charge >= 0.3 is 11.7 Å². The molecule has 10 heteroatoms. The summed E-state index contributed by atoms with van der Waals surface area (Å²) in [5.41, 5.74) is -0.661. The van der Waals surface area contributed by atoms with Crippen LogP contribution >= 0.6 is 23.4 Å². The number of nitrogens with zero attached hydrogens (tertiary/aromatic N) is 1. The van der Waals surface area contributed by atoms with Crippen LogP contribution in [0.15, 0.2) is 41.3 Å². The van der Waals surface area contributed by atoms with Crippen molar-refractivity contribution in [3.63, 3.8) is 0 Å². The van der Waals surface area contributed by atoms with Crippen molar-refractivity contribution >= 4 is 46.6 Å². The largest absolute Gasteiger partial charge is 0.452 e. The van der Waals surface area contributed by atoms with E-state index >= 15 is 0 Å². The number of benzene rings is 2. The standard InChI is InChI=1S/C16H12ClFN2O5S/c1-26-10-3-4-12(17)11(7-10)16(22)25-8-15(21)19-9-2-5-13(18)14(6-9)20(23)24/h2-7H,8H2,1H3,(H,19,21). The van der Waals surface area contributed by atoms with Crippen LogP contribution in [0.3, 0.4) is 0 Å². The number of hydrogen-bond donors (Lipinski definition) is 1. The highest BCUT2D eigenvalue weighted by Crippen LogP contribution is 2.24. The Hall–Kier alpha value is -2.65. The van der Waals surface area contributed by atoms with Crippen LogP contribution < -0.4 is 5.32 Å². The topological polar surface area (TPSA) is 98.5 Å². The summed E-state index contributed by atoms with van der Waals surface area (Å²) >= 11 is 7.35. The van der Waals surface area contributed by atoms with Gasteiger partial charge in [0.15, 0.2) is 6.61 Å². The molecule has 0 heterocycles. The van der Waals surface area contributed by atoms with Crippen molar-refractivity contribution in [3.8, 4) is 0 Å². The zero-order valence-electron chi connectivity index (χ0n) is 13.3. The molecule has 136 valence electrons. The first-order valence-electron chi connectivity index (χ1n) is 7.06. The molecule has 0 aliphatic heterocycles. The molecule has 0 saturated heterocycles. The number of thioether (sulfide) groups is 1. The molecule has 2 rings (SSSR count). The van der Waals surface area contributed by atoms with Crippen molar-refractivity contribution in [1.29, 1.82) is 0 Å². The Kier molecular flexibility index (Phi) is 6.53. The van der Waals surface area contributed by atoms with Crippen LogP contribution in [-0.2, 0) is 9.53 Å². The Morgan fingerprint density at radius 3 is 2.69 bits per heavy atom. The lowest BCUT2D eigenvalue weighted by atomic mass is 10.2. The molecule has 0 unspecified atom stereocenters. The minimum absolute atomic E-state index is 0.00145. The fourth-order valence-corrected chi connectivity index (χ4v) is 2.56. The van der Waals surface area contributed by atoms with Crippen LogP contribution in [0, 0.1) is 15.9 Å². The molecule has 1 N–H and O–H groups in total. The monoisotopic (exact) mass is 398 g/mol. The van der Waals surface area contributed by atoms with Gasteiger partial charge in [-0.1, -0.05) is 11.6 Å². The number of esters is 1. The fourth-order valence-electron chi connectivity index (χ4n) is 1.92. The van der Waals surface area contributed by atoms with Gasteiger partial charge in [-0.05, 0) is 36.6 Å². The number of amides is 1. The molecule has 0 aromatic heterocycles. The quantitative estimate of drug-likeness (QED) is 0.343. The smallest absolute Gasteiger partial charge is 0.340 e. The molecule has 0 radical (unpaired) electrons. The van der Waals surface area contributed by atoms with Crippen LogP contribution in [0.4, 0.5) is 15.8 Å². The van der Waals surface area contributed by atoms with E-state index in [9.17, 15) is 24.1 Å². The summed E-state index contributed by atoms with van der Waals surface area (Å²) in [7, 11) is 0. The first-order valence-corrected chi connectivity index (χ1v) is 8.66. The average molecular weight is 399 g/mol. The van der Waals surface area contributed by atoms with E-state index < -0.39 is 34.9 Å². The van der Waals surface area contributed by atoms with E-state index in [1.165, 1.54) is 17.8 Å². The molecule has 2 aromatic rings. The Morgan fingerprint density at radius 2 is 2.04 bits per heavy atom. The van der Waals surface area contributed by atoms with Gasteiger partial charge in [0, 0.05) is 16.6 Å². The zero-order chi connectivity index (χ0) is 19.3. The molecule has 0 spiro atoms. The molecule has 0 saturated carbocycles. The van der Waals surface area contributed by atoms with Gasteiger partial charge in [0.05, 0.1) is 15.5 Å². The highest BCUT2D eigenvalue weighted by molar-refractivity contribution is 7.98. The number of carbonyl (C=O) groups excluding carboxylic acids is 2. The van der Waals surface area contributed by atoms with Gasteiger partial charge in [-0.2, -0.15) is 4.39 Å². The van der Waals surface area contributed by atoms with Crippen molar-refractivity contribution in [1.82, 2.24) is 0 Å². The number of carbonyl (C=O) groups is 2. The van der Waals surface area contributed by atoms with E-state index in [0.717, 1.165) is 23.1 Å². The van der Waals surface area contributed by atoms with Gasteiger partial charge < -0.3 is 10.1 Å². The maximum absolute atomic E-state index is 13.3. The number of nitro benzene ring substituents is 1. The van der Waals surface area contributed by atoms with Gasteiger partial charge in [0.25, 0.3) is 5.91 Å². The van der Waals surface area contributed by atoms with E-state index in [1.54, 1.807) is 12.1 Å². The third kappa shape index (κ3) is 4.93. The van der Waals surface area contributed by atoms with Crippen LogP contribution in [0.1, 0.15) is 10.4 Å². The normalized spacial score (nSPS) is 10.3. The predicted molar refractivity (Wildman–Crippen MR) is 95.2 cm³/mol. The van der Waals surface area contributed by atoms with E-state index in [4.69, 9.17) is 16.3 Å². The van der Waals surface area contributed by atoms with Crippen molar-refractivity contribution in [2.24, 2.45) is 0 Å². The Balaban J connectivity index is 2.00. The van der Waals surface area contributed by atoms with Crippen LogP contribution in [0.5, 0.6) is 0 Å². The van der Waals surface area contributed by atoms with Gasteiger partial charge in [0.2, 0.25) is 5.82 Å². The highest BCUT2D eigenvalue weighted by atomic mass is 35.5. The summed E-state index contributed by atoms with van der Waals surface area (Å²) in [6.07, 6.45) is 1.83. The second-order valence-corrected chi connectivity index (χ2v) is 6.18. The number of ether oxygens (including phenoxy) is 1. The number of hydrogen-bond acceptors (Lipinski definition) is 6. The Labute approximate surface area is 156 Å². The van der Waals surface area contributed by atoms with E-state index in [0.29, 0.717) is 0 Å². The molecule has 0 atom stereocenters. The van der Waals surface area contributed by atoms with E-state index in [-0.39, 0.29) is 16.3 Å². The zero-order valence-corrected chi connectivity index (χ0v) is 14.9. The molecule has 2 aromatic carbocycles. The van der Waals surface area contributed by atoms with Crippen LogP contribution in [0.2, 0.25) is 5.02 Å². The fraction of sp³-hybridized carbons (Fsp3) is 0.125. The minimum atomic E-state index is -1.03. The first kappa shape index (κ1) is 19.7. The maximum Gasteiger partial charge on any atom is 0.340 e. The molecular weight excluding hydrogens is 387 g/mol. The molecular formula is C16H12ClFN2O5S. The molecule has 0 aliphatic carbocycles. The van der Waals surface area contributed by atoms with Crippen LogP contribution in [0.25, 0.3) is 0 Å². The molecule has 0 fully saturated rings. The summed E-state index contributed by atoms with van der Waals surface area (Å²) in [6, 6.07) is 7.69. The Morgan fingerprint density at radius 1 is 1.31 bits per heavy atom. The lowest BCUT2D eigenvalue weighted by molar-refractivity contribution is -0.387. The maximum atomic E-state index is 13.3. The average Bonchev–Trinajstić information content (AvgIpc) is 2.61. The third-order valence-electron chi connectivity index (χ3n) is 3.15. The SMILES string of the molecule is CSc1ccc(Cl)c(C(=O)OCC(=O)Nc2ccc(F)c([N+](=O)[O-])c2)c1. The van der Waals surface area contributed by atoms with Crippen molar-refractivity contribution in [3.05, 3.63) is 62.9 Å². The second kappa shape index (κ2) is 8.63. The highest BCUT2D eigenvalue weighted by Gasteiger charge is 2.17. The summed E-state index contributed by atoms with van der Waals surface area (Å²) in [5.74, 6) is -2.55. The molecule has 0 bridgehead atoms. The van der Waals surface area contributed by atoms with E-state index in [1.807, 2.05) is 6.26 Å². The third-order valence-corrected chi connectivity index (χ3v) is 4.21. The molecule has 26 heavy (non-hydrogen) atoms. The van der Waals surface area contributed by atoms with Gasteiger partial charge in [0.1, 0.15) is 0 Å². The van der Waals surface area contributed by atoms with Gasteiger partial charge in [-0.15, -0.1) is 11.8 Å². The molecule has 0 aliphatic rings. The lowest BCUT2D eigenvalue weighted by Crippen LogP contribution is -2.21. The van der Waals surface area contributed by atoms with Crippen molar-refractivity contribution in [2.75, 3.05) is 18.2 Å². The molecule has 1 amide bonds. The number of anilines is 1. The summed E-state index contributed by atoms with van der Waals surface area (Å²) in [5, 5.41) is 13.2. The molecule has 7 nitrogen and oxygen atoms in total. The number of rotatable bonds is 6. The van der Waals surface area contributed by atoms with Crippen molar-refractivity contribution < 1.29 is 23.6 Å². The predicted octanol–water partition coefficient (Wildman–Crippen LogP) is 3.90. The Bertz CT molecular complexity index is 878. The summed E-state index contributed by atoms with van der Waals surface area (Å²) in [4.78, 5) is 34.4. The minimum Gasteiger partial charge on any atom is -0.452 e. The van der Waals surface area contributed by atoms with E-state index in [2.05, 4.69) is 5.32 Å². The van der Waals surface area contributed by atoms with Gasteiger partial charge in [-0.25, -0.2) is 4.79 Å². The second-order valence-electron chi connectivity index (χ2n) is 4.89. The first-order chi connectivity index (χ1) is 12.3.